The van der Waals surface area contributed by atoms with Gasteiger partial charge in [-0.25, -0.2) is 53.1 Å². The molecule has 4 aromatic heterocycles. The minimum Gasteiger partial charge on any atom is -0.619 e. The number of pyridine rings is 4. The lowest BCUT2D eigenvalue weighted by Crippen LogP contribution is -2.30. The van der Waals surface area contributed by atoms with Crippen molar-refractivity contribution in [2.45, 2.75) is 115 Å². The number of nitrogens with zero attached hydrogens (tertiary/aromatic N) is 10. The molecule has 0 saturated heterocycles. The molecule has 8 aromatic carbocycles. The van der Waals surface area contributed by atoms with Crippen molar-refractivity contribution in [1.29, 1.82) is 0 Å². The third-order valence-corrected chi connectivity index (χ3v) is 26.6. The van der Waals surface area contributed by atoms with Crippen molar-refractivity contribution in [2.75, 3.05) is 44.4 Å². The molecule has 0 radical (unpaired) electrons. The van der Waals surface area contributed by atoms with Gasteiger partial charge >= 0.3 is 11.9 Å². The lowest BCUT2D eigenvalue weighted by atomic mass is 10.1. The van der Waals surface area contributed by atoms with Crippen LogP contribution in [0.25, 0.3) is 62.5 Å². The van der Waals surface area contributed by atoms with Crippen molar-refractivity contribution in [3.8, 4) is 0 Å². The summed E-state index contributed by atoms with van der Waals surface area (Å²) in [4.78, 5) is 57.1. The minimum atomic E-state index is -3.88. The normalized spacial score (nSPS) is 13.0. The van der Waals surface area contributed by atoms with Gasteiger partial charge in [0.05, 0.1) is 45.9 Å². The molecule has 0 atom stereocenters. The first-order valence-electron chi connectivity index (χ1n) is 35.4. The number of aromatic amines is 1. The van der Waals surface area contributed by atoms with Crippen LogP contribution in [0.15, 0.2) is 189 Å². The summed E-state index contributed by atoms with van der Waals surface area (Å²) < 4.78 is 113. The molecule has 4 aliphatic heterocycles. The maximum absolute atomic E-state index is 13.5. The molecule has 0 amide bonds. The molecule has 580 valence electrons. The van der Waals surface area contributed by atoms with E-state index in [9.17, 15) is 53.3 Å². The molecule has 16 rings (SSSR count). The number of carbonyl (C=O) groups excluding carboxylic acids is 2. The van der Waals surface area contributed by atoms with E-state index >= 15 is 0 Å². The first kappa shape index (κ1) is 82.4. The monoisotopic (exact) mass is 1620 g/mol. The first-order chi connectivity index (χ1) is 54.0. The SMILES string of the molecule is CC(=O)OC(C)=O.Cc1cncc2cccc(S(=O)(=O)Cl)c12.[C-]#[N+]c1cc(C)c2c(c1)N(S(=O)(=O)c1cccc3c(=O)[nH]cc(C)c13)CC2.[C-]#[N+]c1cc(C)c2c(c1)N(S(=O)(=O)c1cccc3c[n+]([O-])cc(C)c13)CC2.[C-]#[N+]c1cc(C)c2c(c1)N(S(=O)(=O)c1cccc3cncc(C)c13)CC2.[C-]#[N+]c1cc(C)c2c(c1)NCC2. The largest absolute Gasteiger partial charge is 0.619 e. The Labute approximate surface area is 665 Å². The summed E-state index contributed by atoms with van der Waals surface area (Å²) in [6, 6.07) is 34.1. The van der Waals surface area contributed by atoms with Gasteiger partial charge < -0.3 is 20.2 Å². The van der Waals surface area contributed by atoms with E-state index in [1.54, 1.807) is 130 Å². The second-order valence-corrected chi connectivity index (χ2v) is 35.3. The molecule has 8 heterocycles. The van der Waals surface area contributed by atoms with Crippen LogP contribution in [0.4, 0.5) is 45.5 Å². The number of fused-ring (bicyclic) bond motifs is 8. The van der Waals surface area contributed by atoms with E-state index in [0.717, 1.165) is 79.6 Å². The molecule has 0 fully saturated rings. The lowest BCUT2D eigenvalue weighted by Gasteiger charge is -2.21. The van der Waals surface area contributed by atoms with Gasteiger partial charge in [-0.05, 0) is 181 Å². The Hall–Kier alpha value is -12.6. The number of H-pyrrole nitrogens is 1. The van der Waals surface area contributed by atoms with Crippen LogP contribution in [0.5, 0.6) is 0 Å². The predicted molar refractivity (Wildman–Crippen MR) is 442 cm³/mol. The molecule has 30 heteroatoms. The Kier molecular flexibility index (Phi) is 24.1. The van der Waals surface area contributed by atoms with Gasteiger partial charge in [0, 0.05) is 153 Å². The van der Waals surface area contributed by atoms with Gasteiger partial charge in [0.25, 0.3) is 44.7 Å². The van der Waals surface area contributed by atoms with Crippen molar-refractivity contribution in [1.82, 2.24) is 15.0 Å². The number of anilines is 4. The average molecular weight is 1620 g/mol. The highest BCUT2D eigenvalue weighted by molar-refractivity contribution is 8.14. The molecule has 0 bridgehead atoms. The Balaban J connectivity index is 0.000000141. The summed E-state index contributed by atoms with van der Waals surface area (Å²) in [5.41, 5.74) is 15.9. The standard InChI is InChI=1S/2C20H17N3O3S.C20H17N3O2S.C10H8ClNO2S.C10H10N2.C4H6O3/c1-13-9-16(21-3)10-18-17(13)7-8-23(18)27(25,26)19-6-4-5-15-12-22(24)11-14(2)20(15)19;1-12-9-14(21-3)10-17-15(12)7-8-23(17)27(25,26)18-6-4-5-16-19(18)13(2)11-22-20(16)24;1-13-9-16(21-3)10-18-17(13)7-8-23(18)26(24,25)19-6-4-5-15-12-22-11-14(2)20(15)19;1-7-5-12-6-8-3-2-4-9(10(7)8)15(11,13)14;1-7-5-8(11-2)6-10-9(7)3-4-12-10;1-3(5)7-4(2)6/h4-6,9-12H,7-8H2,1-2H3;4-6,9-11H,7-8H2,1-2H3,(H,22,24);4-6,9-12H,7-8H2,1-2H3;2-6H,1H3;5-6,12H,3-4H2,1H3;1-2H3. The van der Waals surface area contributed by atoms with Gasteiger partial charge in [0.15, 0.2) is 35.1 Å². The fourth-order valence-electron chi connectivity index (χ4n) is 14.7. The number of carbonyl (C=O) groups is 2. The molecule has 0 saturated carbocycles. The number of rotatable bonds is 7. The van der Waals surface area contributed by atoms with Crippen molar-refractivity contribution in [3.05, 3.63) is 293 Å². The summed E-state index contributed by atoms with van der Waals surface area (Å²) in [5, 5.41) is 19.8. The number of ether oxygens (including phenoxy) is 1. The molecule has 2 N–H and O–H groups in total. The summed E-state index contributed by atoms with van der Waals surface area (Å²) in [6.45, 7) is 48.1. The van der Waals surface area contributed by atoms with Crippen LogP contribution in [0.1, 0.15) is 80.6 Å². The molecule has 25 nitrogen and oxygen atoms in total. The molecular formula is C84H75ClN12O13S4. The van der Waals surface area contributed by atoms with Crippen molar-refractivity contribution < 1.29 is 52.7 Å². The number of benzene rings is 8. The number of aromatic nitrogens is 4. The summed E-state index contributed by atoms with van der Waals surface area (Å²) in [7, 11) is -9.81. The van der Waals surface area contributed by atoms with Crippen LogP contribution in [0, 0.1) is 86.9 Å². The molecule has 0 spiro atoms. The van der Waals surface area contributed by atoms with Crippen LogP contribution >= 0.6 is 10.7 Å². The first-order valence-corrected chi connectivity index (χ1v) is 42.1. The van der Waals surface area contributed by atoms with Gasteiger partial charge in [-0.2, -0.15) is 4.73 Å². The molecule has 0 unspecified atom stereocenters. The number of halogens is 1. The fraction of sp³-hybridized carbons (Fsp3) is 0.214. The van der Waals surface area contributed by atoms with Gasteiger partial charge in [0.1, 0.15) is 0 Å². The molecule has 4 aliphatic rings. The van der Waals surface area contributed by atoms with Crippen LogP contribution in [0.3, 0.4) is 0 Å². The highest BCUT2D eigenvalue weighted by atomic mass is 35.7. The van der Waals surface area contributed by atoms with Gasteiger partial charge in [-0.15, -0.1) is 0 Å². The molecule has 114 heavy (non-hydrogen) atoms. The van der Waals surface area contributed by atoms with E-state index in [4.69, 9.17) is 37.0 Å². The number of sulfonamides is 3. The van der Waals surface area contributed by atoms with E-state index in [1.807, 2.05) is 52.0 Å². The number of hydrogen-bond acceptors (Lipinski definition) is 16. The zero-order chi connectivity index (χ0) is 82.6. The van der Waals surface area contributed by atoms with Crippen LogP contribution in [-0.4, -0.2) is 86.7 Å². The Morgan fingerprint density at radius 3 is 1.25 bits per heavy atom. The third-order valence-electron chi connectivity index (χ3n) is 19.7. The van der Waals surface area contributed by atoms with Crippen LogP contribution in [-0.2, 0) is 79.1 Å². The quantitative estimate of drug-likeness (QED) is 0.0374. The van der Waals surface area contributed by atoms with E-state index in [1.165, 1.54) is 68.6 Å². The summed E-state index contributed by atoms with van der Waals surface area (Å²) >= 11 is 0. The Bertz CT molecular complexity index is 6710. The number of aryl methyl sites for hydroxylation is 8. The fourth-order valence-corrected chi connectivity index (χ4v) is 21.2. The summed E-state index contributed by atoms with van der Waals surface area (Å²) in [6.07, 6.45) is 13.8. The maximum atomic E-state index is 13.5. The highest BCUT2D eigenvalue weighted by Gasteiger charge is 2.37. The second kappa shape index (κ2) is 33.4. The number of nitrogens with one attached hydrogen (secondary N) is 2. The predicted octanol–water partition coefficient (Wildman–Crippen LogP) is 16.1. The molecule has 0 aliphatic carbocycles. The maximum Gasteiger partial charge on any atom is 0.310 e. The van der Waals surface area contributed by atoms with E-state index < -0.39 is 51.1 Å². The third kappa shape index (κ3) is 16.8. The Morgan fingerprint density at radius 2 is 0.842 bits per heavy atom. The summed E-state index contributed by atoms with van der Waals surface area (Å²) in [5.74, 6) is -1.12. The van der Waals surface area contributed by atoms with Crippen molar-refractivity contribution >= 4 is 150 Å². The van der Waals surface area contributed by atoms with Gasteiger partial charge in [-0.3, -0.25) is 37.3 Å². The van der Waals surface area contributed by atoms with E-state index in [2.05, 4.69) is 51.3 Å². The van der Waals surface area contributed by atoms with Gasteiger partial charge in [-0.1, -0.05) is 82.9 Å². The average Bonchev–Trinajstić information content (AvgIpc) is 1.48. The second-order valence-electron chi connectivity index (χ2n) is 27.3. The topological polar surface area (TPSA) is 305 Å². The highest BCUT2D eigenvalue weighted by Crippen LogP contribution is 2.44. The minimum absolute atomic E-state index is 0.113. The van der Waals surface area contributed by atoms with E-state index in [-0.39, 0.29) is 25.1 Å². The number of esters is 2. The molecule has 12 aromatic rings. The Morgan fingerprint density at radius 1 is 0.465 bits per heavy atom. The van der Waals surface area contributed by atoms with Crippen molar-refractivity contribution in [3.63, 3.8) is 0 Å². The van der Waals surface area contributed by atoms with Gasteiger partial charge in [0.2, 0.25) is 0 Å². The molecular weight excluding hydrogens is 1550 g/mol. The van der Waals surface area contributed by atoms with Crippen LogP contribution in [0.2, 0.25) is 0 Å². The zero-order valence-corrected chi connectivity index (χ0v) is 67.6. The smallest absolute Gasteiger partial charge is 0.310 e. The number of hydrogen-bond donors (Lipinski definition) is 2. The zero-order valence-electron chi connectivity index (χ0n) is 63.5. The van der Waals surface area contributed by atoms with Crippen LogP contribution < -0.4 is 28.5 Å². The van der Waals surface area contributed by atoms with E-state index in [0.29, 0.717) is 121 Å². The van der Waals surface area contributed by atoms with Crippen molar-refractivity contribution in [2.24, 2.45) is 0 Å². The lowest BCUT2D eigenvalue weighted by molar-refractivity contribution is -0.604.